The van der Waals surface area contributed by atoms with Gasteiger partial charge < -0.3 is 18.8 Å². The Morgan fingerprint density at radius 3 is 2.80 bits per heavy atom. The van der Waals surface area contributed by atoms with Gasteiger partial charge in [-0.25, -0.2) is 4.98 Å². The molecule has 0 aliphatic heterocycles. The number of aryl methyl sites for hydroxylation is 2. The largest absolute Gasteiger partial charge is 0.497 e. The van der Waals surface area contributed by atoms with Crippen molar-refractivity contribution in [3.8, 4) is 5.75 Å². The maximum absolute atomic E-state index is 13.2. The molecular formula is C19H24N4O2. The van der Waals surface area contributed by atoms with E-state index < -0.39 is 0 Å². The second kappa shape index (κ2) is 6.63. The van der Waals surface area contributed by atoms with Crippen molar-refractivity contribution >= 4 is 16.8 Å². The molecule has 0 radical (unpaired) electrons. The van der Waals surface area contributed by atoms with Crippen LogP contribution >= 0.6 is 0 Å². The molecule has 0 aliphatic carbocycles. The Balaban J connectivity index is 2.00. The predicted octanol–water partition coefficient (Wildman–Crippen LogP) is 2.98. The van der Waals surface area contributed by atoms with Crippen molar-refractivity contribution in [3.63, 3.8) is 0 Å². The van der Waals surface area contributed by atoms with Crippen LogP contribution in [0.3, 0.4) is 0 Å². The molecule has 25 heavy (non-hydrogen) atoms. The highest BCUT2D eigenvalue weighted by Gasteiger charge is 2.22. The second-order valence-corrected chi connectivity index (χ2v) is 6.19. The molecule has 0 unspecified atom stereocenters. The van der Waals surface area contributed by atoms with Gasteiger partial charge in [0.05, 0.1) is 19.2 Å². The van der Waals surface area contributed by atoms with E-state index in [1.54, 1.807) is 18.2 Å². The summed E-state index contributed by atoms with van der Waals surface area (Å²) in [6.45, 7) is 5.34. The van der Waals surface area contributed by atoms with Crippen LogP contribution in [0, 0.1) is 6.92 Å². The number of amides is 1. The predicted molar refractivity (Wildman–Crippen MR) is 97.9 cm³/mol. The Morgan fingerprint density at radius 1 is 1.36 bits per heavy atom. The number of methoxy groups -OCH3 is 1. The molecular weight excluding hydrogens is 316 g/mol. The second-order valence-electron chi connectivity index (χ2n) is 6.19. The first-order valence-electron chi connectivity index (χ1n) is 8.36. The van der Waals surface area contributed by atoms with Gasteiger partial charge in [0.2, 0.25) is 0 Å². The van der Waals surface area contributed by atoms with Gasteiger partial charge in [-0.2, -0.15) is 0 Å². The summed E-state index contributed by atoms with van der Waals surface area (Å²) in [4.78, 5) is 19.2. The Labute approximate surface area is 147 Å². The third-order valence-electron chi connectivity index (χ3n) is 4.78. The van der Waals surface area contributed by atoms with E-state index in [1.165, 1.54) is 0 Å². The summed E-state index contributed by atoms with van der Waals surface area (Å²) in [5, 5.41) is 0.912. The van der Waals surface area contributed by atoms with Crippen LogP contribution in [0.4, 0.5) is 0 Å². The zero-order chi connectivity index (χ0) is 18.1. The third kappa shape index (κ3) is 2.88. The number of hydrogen-bond donors (Lipinski definition) is 0. The third-order valence-corrected chi connectivity index (χ3v) is 4.78. The van der Waals surface area contributed by atoms with Gasteiger partial charge in [-0.05, 0) is 32.0 Å². The molecule has 0 spiro atoms. The van der Waals surface area contributed by atoms with Crippen LogP contribution in [0.25, 0.3) is 10.9 Å². The maximum atomic E-state index is 13.2. The molecule has 0 fully saturated rings. The van der Waals surface area contributed by atoms with Crippen LogP contribution in [0.2, 0.25) is 0 Å². The van der Waals surface area contributed by atoms with Crippen molar-refractivity contribution in [2.24, 2.45) is 7.05 Å². The fraction of sp³-hybridized carbons (Fsp3) is 0.368. The van der Waals surface area contributed by atoms with Gasteiger partial charge in [0.15, 0.2) is 0 Å². The van der Waals surface area contributed by atoms with E-state index in [4.69, 9.17) is 4.74 Å². The molecule has 0 atom stereocenters. The highest BCUT2D eigenvalue weighted by atomic mass is 16.5. The van der Waals surface area contributed by atoms with Gasteiger partial charge in [-0.15, -0.1) is 0 Å². The van der Waals surface area contributed by atoms with Crippen LogP contribution in [-0.4, -0.2) is 39.1 Å². The molecule has 0 bridgehead atoms. The number of hydrogen-bond acceptors (Lipinski definition) is 3. The van der Waals surface area contributed by atoms with Crippen molar-refractivity contribution in [3.05, 3.63) is 47.7 Å². The first kappa shape index (κ1) is 17.1. The summed E-state index contributed by atoms with van der Waals surface area (Å²) in [6, 6.07) is 5.83. The Kier molecular flexibility index (Phi) is 4.53. The van der Waals surface area contributed by atoms with Gasteiger partial charge in [0.1, 0.15) is 11.6 Å². The fourth-order valence-electron chi connectivity index (χ4n) is 3.20. The summed E-state index contributed by atoms with van der Waals surface area (Å²) >= 11 is 0. The Hall–Kier alpha value is -2.76. The van der Waals surface area contributed by atoms with Gasteiger partial charge in [-0.3, -0.25) is 4.79 Å². The van der Waals surface area contributed by atoms with Gasteiger partial charge in [0.25, 0.3) is 5.91 Å². The molecule has 0 N–H and O–H groups in total. The molecule has 3 aromatic rings. The minimum atomic E-state index is -0.0120. The van der Waals surface area contributed by atoms with Crippen molar-refractivity contribution in [1.29, 1.82) is 0 Å². The van der Waals surface area contributed by atoms with Crippen LogP contribution in [0.15, 0.2) is 30.6 Å². The number of carbonyl (C=O) groups is 1. The lowest BCUT2D eigenvalue weighted by atomic mass is 10.1. The number of benzene rings is 1. The number of ether oxygens (including phenoxy) is 1. The van der Waals surface area contributed by atoms with Gasteiger partial charge >= 0.3 is 0 Å². The standard InChI is InChI=1S/C19H24N4O2/c1-6-23-10-9-20-17(23)12-21(3)19(24)18-13(2)22(4)16-8-7-14(25-5)11-15(16)18/h7-11H,6,12H2,1-5H3. The summed E-state index contributed by atoms with van der Waals surface area (Å²) in [5.74, 6) is 1.62. The quantitative estimate of drug-likeness (QED) is 0.717. The summed E-state index contributed by atoms with van der Waals surface area (Å²) < 4.78 is 9.42. The molecule has 6 nitrogen and oxygen atoms in total. The first-order valence-corrected chi connectivity index (χ1v) is 8.36. The van der Waals surface area contributed by atoms with Crippen LogP contribution in [-0.2, 0) is 20.1 Å². The lowest BCUT2D eigenvalue weighted by Crippen LogP contribution is -2.28. The first-order chi connectivity index (χ1) is 12.0. The fourth-order valence-corrected chi connectivity index (χ4v) is 3.20. The summed E-state index contributed by atoms with van der Waals surface area (Å²) in [7, 11) is 5.43. The minimum absolute atomic E-state index is 0.0120. The van der Waals surface area contributed by atoms with Crippen molar-refractivity contribution in [2.75, 3.05) is 14.2 Å². The minimum Gasteiger partial charge on any atom is -0.497 e. The molecule has 1 amide bonds. The number of nitrogens with zero attached hydrogens (tertiary/aromatic N) is 4. The molecule has 0 saturated carbocycles. The highest BCUT2D eigenvalue weighted by molar-refractivity contribution is 6.08. The Bertz CT molecular complexity index is 923. The topological polar surface area (TPSA) is 52.3 Å². The monoisotopic (exact) mass is 340 g/mol. The van der Waals surface area contributed by atoms with Gasteiger partial charge in [-0.1, -0.05) is 0 Å². The molecule has 1 aromatic carbocycles. The van der Waals surface area contributed by atoms with Crippen LogP contribution in [0.1, 0.15) is 28.8 Å². The lowest BCUT2D eigenvalue weighted by molar-refractivity contribution is 0.0781. The molecule has 0 aliphatic rings. The Morgan fingerprint density at radius 2 is 2.12 bits per heavy atom. The number of imidazole rings is 1. The van der Waals surface area contributed by atoms with Crippen molar-refractivity contribution in [2.45, 2.75) is 26.9 Å². The number of carbonyl (C=O) groups excluding carboxylic acids is 1. The SMILES string of the molecule is CCn1ccnc1CN(C)C(=O)c1c(C)n(C)c2ccc(OC)cc12. The molecule has 2 heterocycles. The van der Waals surface area contributed by atoms with E-state index in [1.807, 2.05) is 54.5 Å². The zero-order valence-electron chi connectivity index (χ0n) is 15.4. The van der Waals surface area contributed by atoms with E-state index in [-0.39, 0.29) is 5.91 Å². The molecule has 2 aromatic heterocycles. The smallest absolute Gasteiger partial charge is 0.256 e. The molecule has 3 rings (SSSR count). The van der Waals surface area contributed by atoms with Crippen LogP contribution < -0.4 is 4.74 Å². The number of fused-ring (bicyclic) bond motifs is 1. The van der Waals surface area contributed by atoms with E-state index in [0.29, 0.717) is 12.1 Å². The number of aromatic nitrogens is 3. The van der Waals surface area contributed by atoms with E-state index in [9.17, 15) is 4.79 Å². The normalized spacial score (nSPS) is 11.1. The average molecular weight is 340 g/mol. The lowest BCUT2D eigenvalue weighted by Gasteiger charge is -2.18. The highest BCUT2D eigenvalue weighted by Crippen LogP contribution is 2.29. The van der Waals surface area contributed by atoms with E-state index in [2.05, 4.69) is 11.9 Å². The van der Waals surface area contributed by atoms with Gasteiger partial charge in [0, 0.05) is 49.6 Å². The maximum Gasteiger partial charge on any atom is 0.256 e. The molecule has 6 heteroatoms. The van der Waals surface area contributed by atoms with E-state index >= 15 is 0 Å². The summed E-state index contributed by atoms with van der Waals surface area (Å²) in [5.41, 5.74) is 2.68. The molecule has 132 valence electrons. The zero-order valence-corrected chi connectivity index (χ0v) is 15.4. The van der Waals surface area contributed by atoms with Crippen molar-refractivity contribution < 1.29 is 9.53 Å². The average Bonchev–Trinajstić information content (AvgIpc) is 3.16. The number of rotatable bonds is 5. The summed E-state index contributed by atoms with van der Waals surface area (Å²) in [6.07, 6.45) is 3.70. The van der Waals surface area contributed by atoms with E-state index in [0.717, 1.165) is 34.7 Å². The van der Waals surface area contributed by atoms with Crippen LogP contribution in [0.5, 0.6) is 5.75 Å². The van der Waals surface area contributed by atoms with Crippen molar-refractivity contribution in [1.82, 2.24) is 19.0 Å². The molecule has 0 saturated heterocycles.